The molecule has 21 heavy (non-hydrogen) atoms. The maximum absolute atomic E-state index is 11.2. The maximum Gasteiger partial charge on any atom is 0.305 e. The van der Waals surface area contributed by atoms with Crippen molar-refractivity contribution in [1.82, 2.24) is 9.97 Å². The molecule has 1 aromatic rings. The highest BCUT2D eigenvalue weighted by atomic mass is 16.5. The highest BCUT2D eigenvalue weighted by molar-refractivity contribution is 5.69. The molecule has 1 heterocycles. The Kier molecular flexibility index (Phi) is 7.93. The molecule has 7 heteroatoms. The molecule has 7 nitrogen and oxygen atoms in total. The zero-order valence-electron chi connectivity index (χ0n) is 12.9. The van der Waals surface area contributed by atoms with Gasteiger partial charge in [0.25, 0.3) is 0 Å². The molecule has 0 aliphatic rings. The lowest BCUT2D eigenvalue weighted by molar-refractivity contribution is -0.143. The molecule has 0 saturated heterocycles. The van der Waals surface area contributed by atoms with E-state index in [1.807, 2.05) is 0 Å². The van der Waals surface area contributed by atoms with Crippen LogP contribution in [0.2, 0.25) is 0 Å². The van der Waals surface area contributed by atoms with Gasteiger partial charge in [-0.3, -0.25) is 4.79 Å². The van der Waals surface area contributed by atoms with Crippen LogP contribution in [0, 0.1) is 0 Å². The van der Waals surface area contributed by atoms with Gasteiger partial charge in [-0.1, -0.05) is 6.92 Å². The van der Waals surface area contributed by atoms with Gasteiger partial charge in [0.15, 0.2) is 11.6 Å². The van der Waals surface area contributed by atoms with Gasteiger partial charge in [-0.25, -0.2) is 9.97 Å². The number of hydrogen-bond donors (Lipinski definition) is 2. The van der Waals surface area contributed by atoms with Gasteiger partial charge in [0, 0.05) is 19.5 Å². The Hall–Kier alpha value is -2.05. The summed E-state index contributed by atoms with van der Waals surface area (Å²) in [6, 6.07) is 0. The van der Waals surface area contributed by atoms with Crippen molar-refractivity contribution in [3.63, 3.8) is 0 Å². The molecule has 0 aromatic carbocycles. The molecule has 2 N–H and O–H groups in total. The molecular formula is C14H24N4O3. The van der Waals surface area contributed by atoms with Crippen molar-refractivity contribution in [2.75, 3.05) is 37.4 Å². The zero-order chi connectivity index (χ0) is 15.5. The molecule has 0 radical (unpaired) electrons. The van der Waals surface area contributed by atoms with Crippen molar-refractivity contribution in [3.05, 3.63) is 6.33 Å². The fourth-order valence-electron chi connectivity index (χ4n) is 1.74. The summed E-state index contributed by atoms with van der Waals surface area (Å²) in [7, 11) is 1.58. The molecule has 118 valence electrons. The minimum absolute atomic E-state index is 0.181. The Morgan fingerprint density at radius 1 is 1.19 bits per heavy atom. The average molecular weight is 296 g/mol. The van der Waals surface area contributed by atoms with Gasteiger partial charge in [0.05, 0.1) is 13.7 Å². The Balaban J connectivity index is 2.52. The second-order valence-corrected chi connectivity index (χ2v) is 4.37. The van der Waals surface area contributed by atoms with Gasteiger partial charge in [-0.05, 0) is 19.8 Å². The second kappa shape index (κ2) is 9.79. The number of rotatable bonds is 10. The van der Waals surface area contributed by atoms with E-state index in [0.717, 1.165) is 13.0 Å². The molecule has 0 bridgehead atoms. The van der Waals surface area contributed by atoms with E-state index in [0.29, 0.717) is 43.4 Å². The third-order valence-electron chi connectivity index (χ3n) is 2.71. The Morgan fingerprint density at radius 3 is 2.43 bits per heavy atom. The van der Waals surface area contributed by atoms with Gasteiger partial charge in [-0.2, -0.15) is 0 Å². The van der Waals surface area contributed by atoms with Gasteiger partial charge in [0.1, 0.15) is 6.33 Å². The first kappa shape index (κ1) is 17.0. The summed E-state index contributed by atoms with van der Waals surface area (Å²) < 4.78 is 10.2. The minimum atomic E-state index is -0.181. The van der Waals surface area contributed by atoms with E-state index in [1.54, 1.807) is 14.0 Å². The van der Waals surface area contributed by atoms with E-state index < -0.39 is 0 Å². The van der Waals surface area contributed by atoms with E-state index >= 15 is 0 Å². The van der Waals surface area contributed by atoms with E-state index in [9.17, 15) is 4.79 Å². The third kappa shape index (κ3) is 5.85. The van der Waals surface area contributed by atoms with Crippen molar-refractivity contribution in [2.45, 2.75) is 33.1 Å². The van der Waals surface area contributed by atoms with Crippen LogP contribution < -0.4 is 15.4 Å². The average Bonchev–Trinajstić information content (AvgIpc) is 2.49. The van der Waals surface area contributed by atoms with Crippen LogP contribution >= 0.6 is 0 Å². The van der Waals surface area contributed by atoms with Crippen molar-refractivity contribution >= 4 is 17.6 Å². The molecule has 1 aromatic heterocycles. The van der Waals surface area contributed by atoms with Crippen molar-refractivity contribution < 1.29 is 14.3 Å². The van der Waals surface area contributed by atoms with Crippen LogP contribution in [0.5, 0.6) is 5.75 Å². The molecule has 0 fully saturated rings. The first-order valence-electron chi connectivity index (χ1n) is 7.25. The second-order valence-electron chi connectivity index (χ2n) is 4.37. The fraction of sp³-hybridized carbons (Fsp3) is 0.643. The number of nitrogens with zero attached hydrogens (tertiary/aromatic N) is 2. The number of methoxy groups -OCH3 is 1. The first-order chi connectivity index (χ1) is 10.2. The Morgan fingerprint density at radius 2 is 1.86 bits per heavy atom. The highest BCUT2D eigenvalue weighted by Crippen LogP contribution is 2.28. The lowest BCUT2D eigenvalue weighted by Gasteiger charge is -2.13. The SMILES string of the molecule is CCCNc1ncnc(NCCCC(=O)OCC)c1OC. The van der Waals surface area contributed by atoms with Crippen molar-refractivity contribution in [2.24, 2.45) is 0 Å². The van der Waals surface area contributed by atoms with Crippen LogP contribution in [-0.2, 0) is 9.53 Å². The quantitative estimate of drug-likeness (QED) is 0.505. The first-order valence-corrected chi connectivity index (χ1v) is 7.25. The van der Waals surface area contributed by atoms with Crippen molar-refractivity contribution in [1.29, 1.82) is 0 Å². The lowest BCUT2D eigenvalue weighted by atomic mass is 10.3. The lowest BCUT2D eigenvalue weighted by Crippen LogP contribution is -2.11. The summed E-state index contributed by atoms with van der Waals surface area (Å²) in [5.74, 6) is 1.69. The summed E-state index contributed by atoms with van der Waals surface area (Å²) in [5.41, 5.74) is 0. The molecule has 0 saturated carbocycles. The van der Waals surface area contributed by atoms with E-state index in [2.05, 4.69) is 27.5 Å². The molecular weight excluding hydrogens is 272 g/mol. The highest BCUT2D eigenvalue weighted by Gasteiger charge is 2.11. The number of esters is 1. The van der Waals surface area contributed by atoms with Crippen LogP contribution in [0.4, 0.5) is 11.6 Å². The summed E-state index contributed by atoms with van der Waals surface area (Å²) in [5, 5.41) is 6.34. The third-order valence-corrected chi connectivity index (χ3v) is 2.71. The Labute approximate surface area is 125 Å². The normalized spacial score (nSPS) is 10.0. The standard InChI is InChI=1S/C14H24N4O3/c1-4-8-15-13-12(20-3)14(18-10-17-13)16-9-6-7-11(19)21-5-2/h10H,4-9H2,1-3H3,(H2,15,16,17,18). The molecule has 0 amide bonds. The predicted molar refractivity (Wildman–Crippen MR) is 81.7 cm³/mol. The van der Waals surface area contributed by atoms with Gasteiger partial charge >= 0.3 is 5.97 Å². The van der Waals surface area contributed by atoms with Gasteiger partial charge in [-0.15, -0.1) is 0 Å². The van der Waals surface area contributed by atoms with E-state index in [-0.39, 0.29) is 5.97 Å². The van der Waals surface area contributed by atoms with Crippen LogP contribution in [0.15, 0.2) is 6.33 Å². The van der Waals surface area contributed by atoms with Crippen LogP contribution in [0.1, 0.15) is 33.1 Å². The topological polar surface area (TPSA) is 85.4 Å². The van der Waals surface area contributed by atoms with Crippen LogP contribution in [-0.4, -0.2) is 42.7 Å². The number of hydrogen-bond acceptors (Lipinski definition) is 7. The predicted octanol–water partition coefficient (Wildman–Crippen LogP) is 2.06. The van der Waals surface area contributed by atoms with Crippen LogP contribution in [0.3, 0.4) is 0 Å². The molecule has 0 atom stereocenters. The number of carbonyl (C=O) groups excluding carboxylic acids is 1. The maximum atomic E-state index is 11.2. The van der Waals surface area contributed by atoms with Gasteiger partial charge in [0.2, 0.25) is 5.75 Å². The molecule has 1 rings (SSSR count). The summed E-state index contributed by atoms with van der Waals surface area (Å²) in [6.45, 7) is 5.72. The minimum Gasteiger partial charge on any atom is -0.490 e. The van der Waals surface area contributed by atoms with E-state index in [4.69, 9.17) is 9.47 Å². The van der Waals surface area contributed by atoms with Crippen molar-refractivity contribution in [3.8, 4) is 5.75 Å². The molecule has 0 unspecified atom stereocenters. The van der Waals surface area contributed by atoms with Crippen LogP contribution in [0.25, 0.3) is 0 Å². The Bertz CT molecular complexity index is 440. The number of nitrogens with one attached hydrogen (secondary N) is 2. The summed E-state index contributed by atoms with van der Waals surface area (Å²) >= 11 is 0. The largest absolute Gasteiger partial charge is 0.490 e. The monoisotopic (exact) mass is 296 g/mol. The zero-order valence-corrected chi connectivity index (χ0v) is 12.9. The van der Waals surface area contributed by atoms with E-state index in [1.165, 1.54) is 6.33 Å². The molecule has 0 aliphatic heterocycles. The van der Waals surface area contributed by atoms with Gasteiger partial charge < -0.3 is 20.1 Å². The number of anilines is 2. The number of carbonyl (C=O) groups is 1. The molecule has 0 aliphatic carbocycles. The number of aromatic nitrogens is 2. The fourth-order valence-corrected chi connectivity index (χ4v) is 1.74. The summed E-state index contributed by atoms with van der Waals surface area (Å²) in [6.07, 6.45) is 3.53. The summed E-state index contributed by atoms with van der Waals surface area (Å²) in [4.78, 5) is 19.6. The smallest absolute Gasteiger partial charge is 0.305 e. The molecule has 0 spiro atoms. The number of ether oxygens (including phenoxy) is 2.